The minimum Gasteiger partial charge on any atom is -0.384 e. The zero-order valence-corrected chi connectivity index (χ0v) is 34.7. The summed E-state index contributed by atoms with van der Waals surface area (Å²) in [7, 11) is 1.89. The topological polar surface area (TPSA) is 188 Å². The first kappa shape index (κ1) is 39.8. The van der Waals surface area contributed by atoms with Gasteiger partial charge < -0.3 is 20.2 Å². The number of rotatable bonds is 11. The average molecular weight is 827 g/mol. The molecule has 0 saturated carbocycles. The molecule has 0 aliphatic carbocycles. The predicted octanol–water partition coefficient (Wildman–Crippen LogP) is 3.90. The fraction of sp³-hybridized carbons (Fsp3) is 0.395. The second-order valence-electron chi connectivity index (χ2n) is 16.5. The van der Waals surface area contributed by atoms with Gasteiger partial charge in [-0.3, -0.25) is 29.4 Å². The SMILES string of the molecule is C=CCn1c(=O)c2cnc(Nc3ccc(N4CCN(CC5CCN(c6ccc7c(N8CCC(=O)NC8=O)nn(C)c7c6)CC5)CC4)nc3)nc2n1-c1cccc(C(C)(C)O)n1. The number of aliphatic hydroxyl groups is 1. The molecule has 0 atom stereocenters. The number of carbonyl (C=O) groups is 2. The standard InChI is InChI=1S/C43H50N14O4/c1-5-16-56-40(59)32-26-45-41(49-38(32)57(56)36-8-6-7-34(47-36)43(2,3)61)46-29-9-12-35(44-25-29)54-22-20-52(21-23-54)27-28-13-17-53(18-14-28)30-10-11-31-33(24-30)51(4)50-39(31)55-19-15-37(58)48-42(55)60/h5-12,24-26,28,61H,1,13-23,27H2,2-4H3,(H,45,46,49)(H,48,58,60). The van der Waals surface area contributed by atoms with Crippen molar-refractivity contribution in [2.75, 3.05) is 72.4 Å². The van der Waals surface area contributed by atoms with Crippen LogP contribution in [0.3, 0.4) is 0 Å². The molecule has 1 aromatic carbocycles. The van der Waals surface area contributed by atoms with Gasteiger partial charge in [-0.05, 0) is 75.1 Å². The molecular formula is C43H50N14O4. The van der Waals surface area contributed by atoms with Crippen LogP contribution < -0.4 is 30.9 Å². The summed E-state index contributed by atoms with van der Waals surface area (Å²) in [4.78, 5) is 65.1. The Morgan fingerprint density at radius 3 is 2.43 bits per heavy atom. The van der Waals surface area contributed by atoms with Crippen molar-refractivity contribution in [3.63, 3.8) is 0 Å². The Labute approximate surface area is 352 Å². The van der Waals surface area contributed by atoms with E-state index in [1.807, 2.05) is 29.9 Å². The van der Waals surface area contributed by atoms with E-state index < -0.39 is 11.6 Å². The van der Waals surface area contributed by atoms with Gasteiger partial charge in [0, 0.05) is 83.1 Å². The smallest absolute Gasteiger partial charge is 0.329 e. The van der Waals surface area contributed by atoms with E-state index in [9.17, 15) is 19.5 Å². The lowest BCUT2D eigenvalue weighted by Gasteiger charge is -2.39. The molecule has 0 bridgehead atoms. The maximum atomic E-state index is 13.4. The highest BCUT2D eigenvalue weighted by atomic mass is 16.3. The Bertz CT molecular complexity index is 2680. The number of amides is 3. The molecule has 0 unspecified atom stereocenters. The van der Waals surface area contributed by atoms with Crippen LogP contribution in [-0.2, 0) is 24.0 Å². The number of hydrogen-bond acceptors (Lipinski definition) is 13. The van der Waals surface area contributed by atoms with Crippen molar-refractivity contribution in [1.82, 2.24) is 49.3 Å². The molecular weight excluding hydrogens is 777 g/mol. The normalized spacial score (nSPS) is 17.1. The van der Waals surface area contributed by atoms with E-state index in [1.165, 1.54) is 10.9 Å². The largest absolute Gasteiger partial charge is 0.384 e. The molecule has 316 valence electrons. The Balaban J connectivity index is 0.790. The van der Waals surface area contributed by atoms with Gasteiger partial charge in [-0.15, -0.1) is 6.58 Å². The highest BCUT2D eigenvalue weighted by Gasteiger charge is 2.30. The van der Waals surface area contributed by atoms with Crippen molar-refractivity contribution in [2.24, 2.45) is 13.0 Å². The van der Waals surface area contributed by atoms with E-state index in [4.69, 9.17) is 9.97 Å². The first-order chi connectivity index (χ1) is 29.4. The Kier molecular flexibility index (Phi) is 10.5. The number of aromatic nitrogens is 8. The molecule has 3 N–H and O–H groups in total. The van der Waals surface area contributed by atoms with E-state index in [0.717, 1.165) is 81.1 Å². The maximum Gasteiger partial charge on any atom is 0.329 e. The van der Waals surface area contributed by atoms with Gasteiger partial charge in [0.05, 0.1) is 29.6 Å². The second kappa shape index (κ2) is 16.1. The summed E-state index contributed by atoms with van der Waals surface area (Å²) in [6.07, 6.45) is 7.42. The minimum atomic E-state index is -1.17. The number of piperazine rings is 1. The van der Waals surface area contributed by atoms with Crippen molar-refractivity contribution in [2.45, 2.75) is 45.3 Å². The predicted molar refractivity (Wildman–Crippen MR) is 234 cm³/mol. The fourth-order valence-corrected chi connectivity index (χ4v) is 8.55. The molecule has 5 aromatic heterocycles. The summed E-state index contributed by atoms with van der Waals surface area (Å²) in [6, 6.07) is 15.2. The third-order valence-electron chi connectivity index (χ3n) is 11.9. The lowest BCUT2D eigenvalue weighted by atomic mass is 9.95. The van der Waals surface area contributed by atoms with Crippen LogP contribution in [0.15, 0.2) is 78.4 Å². The van der Waals surface area contributed by atoms with E-state index >= 15 is 0 Å². The van der Waals surface area contributed by atoms with Gasteiger partial charge in [0.25, 0.3) is 5.56 Å². The van der Waals surface area contributed by atoms with Crippen molar-refractivity contribution < 1.29 is 14.7 Å². The molecule has 6 aromatic rings. The van der Waals surface area contributed by atoms with Crippen molar-refractivity contribution in [3.05, 3.63) is 89.6 Å². The van der Waals surface area contributed by atoms with E-state index in [-0.39, 0.29) is 24.4 Å². The summed E-state index contributed by atoms with van der Waals surface area (Å²) in [5, 5.41) is 22.1. The number of anilines is 5. The summed E-state index contributed by atoms with van der Waals surface area (Å²) >= 11 is 0. The summed E-state index contributed by atoms with van der Waals surface area (Å²) in [5.41, 5.74) is 2.22. The quantitative estimate of drug-likeness (QED) is 0.160. The monoisotopic (exact) mass is 826 g/mol. The molecule has 9 rings (SSSR count). The number of pyridine rings is 2. The number of fused-ring (bicyclic) bond motifs is 2. The Morgan fingerprint density at radius 2 is 1.70 bits per heavy atom. The number of nitrogens with one attached hydrogen (secondary N) is 2. The van der Waals surface area contributed by atoms with Crippen molar-refractivity contribution >= 4 is 62.8 Å². The number of hydrogen-bond donors (Lipinski definition) is 3. The van der Waals surface area contributed by atoms with Crippen LogP contribution in [0.5, 0.6) is 0 Å². The van der Waals surface area contributed by atoms with Crippen molar-refractivity contribution in [1.29, 1.82) is 0 Å². The molecule has 3 saturated heterocycles. The molecule has 0 spiro atoms. The number of imide groups is 1. The van der Waals surface area contributed by atoms with Gasteiger partial charge in [0.1, 0.15) is 16.8 Å². The average Bonchev–Trinajstić information content (AvgIpc) is 3.73. The molecule has 0 radical (unpaired) electrons. The van der Waals surface area contributed by atoms with E-state index in [1.54, 1.807) is 53.9 Å². The van der Waals surface area contributed by atoms with Gasteiger partial charge in [0.2, 0.25) is 11.9 Å². The highest BCUT2D eigenvalue weighted by Crippen LogP contribution is 2.32. The van der Waals surface area contributed by atoms with Gasteiger partial charge in [0.15, 0.2) is 17.3 Å². The molecule has 8 heterocycles. The van der Waals surface area contributed by atoms with Crippen molar-refractivity contribution in [3.8, 4) is 5.82 Å². The lowest BCUT2D eigenvalue weighted by Crippen LogP contribution is -2.49. The first-order valence-corrected chi connectivity index (χ1v) is 20.8. The number of urea groups is 1. The number of aryl methyl sites for hydroxylation is 1. The summed E-state index contributed by atoms with van der Waals surface area (Å²) in [5.74, 6) is 2.60. The minimum absolute atomic E-state index is 0.231. The van der Waals surface area contributed by atoms with Crippen LogP contribution in [0.2, 0.25) is 0 Å². The molecule has 18 nitrogen and oxygen atoms in total. The number of allylic oxidation sites excluding steroid dienone is 1. The maximum absolute atomic E-state index is 13.4. The van der Waals surface area contributed by atoms with E-state index in [0.29, 0.717) is 52.5 Å². The fourth-order valence-electron chi connectivity index (χ4n) is 8.55. The van der Waals surface area contributed by atoms with Gasteiger partial charge in [-0.2, -0.15) is 10.1 Å². The van der Waals surface area contributed by atoms with Crippen LogP contribution in [0.1, 0.15) is 38.8 Å². The van der Waals surface area contributed by atoms with Crippen LogP contribution in [0.4, 0.5) is 33.8 Å². The zero-order valence-electron chi connectivity index (χ0n) is 34.7. The van der Waals surface area contributed by atoms with Crippen LogP contribution in [-0.4, -0.2) is 113 Å². The van der Waals surface area contributed by atoms with Gasteiger partial charge in [-0.25, -0.2) is 29.1 Å². The molecule has 3 amide bonds. The zero-order chi connectivity index (χ0) is 42.4. The van der Waals surface area contributed by atoms with E-state index in [2.05, 4.69) is 59.1 Å². The van der Waals surface area contributed by atoms with Crippen LogP contribution in [0, 0.1) is 5.92 Å². The number of carbonyl (C=O) groups excluding carboxylic acids is 2. The second-order valence-corrected chi connectivity index (χ2v) is 16.5. The number of benzene rings is 1. The number of nitrogens with zero attached hydrogens (tertiary/aromatic N) is 12. The van der Waals surface area contributed by atoms with Crippen LogP contribution >= 0.6 is 0 Å². The molecule has 3 fully saturated rings. The Hall–Kier alpha value is -6.66. The molecule has 61 heavy (non-hydrogen) atoms. The molecule has 3 aliphatic rings. The summed E-state index contributed by atoms with van der Waals surface area (Å²) < 4.78 is 4.95. The number of piperidine rings is 1. The highest BCUT2D eigenvalue weighted by molar-refractivity contribution is 6.09. The lowest BCUT2D eigenvalue weighted by molar-refractivity contribution is -0.120. The first-order valence-electron chi connectivity index (χ1n) is 20.8. The third kappa shape index (κ3) is 7.91. The summed E-state index contributed by atoms with van der Waals surface area (Å²) in [6.45, 7) is 14.5. The van der Waals surface area contributed by atoms with Gasteiger partial charge in [-0.1, -0.05) is 12.1 Å². The molecule has 18 heteroatoms. The Morgan fingerprint density at radius 1 is 0.902 bits per heavy atom. The third-order valence-corrected chi connectivity index (χ3v) is 11.9. The van der Waals surface area contributed by atoms with Gasteiger partial charge >= 0.3 is 6.03 Å². The van der Waals surface area contributed by atoms with Crippen LogP contribution in [0.25, 0.3) is 27.8 Å². The molecule has 3 aliphatic heterocycles.